The number of nitrogens with one attached hydrogen (secondary N) is 1. The van der Waals surface area contributed by atoms with Gasteiger partial charge in [0.2, 0.25) is 0 Å². The summed E-state index contributed by atoms with van der Waals surface area (Å²) >= 11 is 0. The van der Waals surface area contributed by atoms with Gasteiger partial charge < -0.3 is 10.2 Å². The molecule has 1 aliphatic rings. The Balaban J connectivity index is 1.84. The summed E-state index contributed by atoms with van der Waals surface area (Å²) in [4.78, 5) is 23.4. The lowest BCUT2D eigenvalue weighted by Crippen LogP contribution is -2.44. The lowest BCUT2D eigenvalue weighted by molar-refractivity contribution is 0.197. The maximum atomic E-state index is 13.1. The number of fused-ring (bicyclic) bond motifs is 1. The van der Waals surface area contributed by atoms with Crippen molar-refractivity contribution in [1.29, 1.82) is 0 Å². The summed E-state index contributed by atoms with van der Waals surface area (Å²) in [6.07, 6.45) is 1.44. The van der Waals surface area contributed by atoms with Crippen LogP contribution in [-0.4, -0.2) is 40.0 Å². The number of amides is 2. The number of nitrogens with zero attached hydrogens (tertiary/aromatic N) is 3. The molecule has 0 atom stereocenters. The van der Waals surface area contributed by atoms with Gasteiger partial charge in [0.25, 0.3) is 0 Å². The van der Waals surface area contributed by atoms with Gasteiger partial charge in [0.15, 0.2) is 5.82 Å². The summed E-state index contributed by atoms with van der Waals surface area (Å²) in [5.74, 6) is 0.332. The first-order valence-electron chi connectivity index (χ1n) is 8.62. The van der Waals surface area contributed by atoms with Crippen LogP contribution in [0, 0.1) is 12.7 Å². The number of hydrogen-bond donors (Lipinski definition) is 1. The van der Waals surface area contributed by atoms with Gasteiger partial charge in [0.1, 0.15) is 5.82 Å². The molecule has 132 valence electrons. The number of rotatable bonds is 2. The number of aromatic nitrogens is 2. The molecule has 25 heavy (non-hydrogen) atoms. The Hall–Kier alpha value is -2.50. The van der Waals surface area contributed by atoms with E-state index < -0.39 is 0 Å². The number of benzene rings is 1. The van der Waals surface area contributed by atoms with Gasteiger partial charge in [-0.1, -0.05) is 0 Å². The maximum Gasteiger partial charge on any atom is 0.317 e. The van der Waals surface area contributed by atoms with Crippen LogP contribution in [-0.2, 0) is 12.8 Å². The van der Waals surface area contributed by atoms with E-state index in [1.165, 1.54) is 12.1 Å². The van der Waals surface area contributed by atoms with Crippen LogP contribution in [0.4, 0.5) is 9.18 Å². The van der Waals surface area contributed by atoms with Crippen molar-refractivity contribution < 1.29 is 9.18 Å². The van der Waals surface area contributed by atoms with Gasteiger partial charge in [-0.25, -0.2) is 19.2 Å². The molecule has 0 fully saturated rings. The molecule has 6 heteroatoms. The summed E-state index contributed by atoms with van der Waals surface area (Å²) < 4.78 is 13.1. The topological polar surface area (TPSA) is 58.1 Å². The fourth-order valence-corrected chi connectivity index (χ4v) is 3.06. The van der Waals surface area contributed by atoms with Crippen LogP contribution in [0.15, 0.2) is 24.3 Å². The molecule has 0 spiro atoms. The summed E-state index contributed by atoms with van der Waals surface area (Å²) in [6.45, 7) is 7.16. The number of carbonyl (C=O) groups is 1. The molecule has 1 N–H and O–H groups in total. The number of urea groups is 1. The fraction of sp³-hybridized carbons (Fsp3) is 0.421. The molecule has 1 aromatic heterocycles. The molecule has 0 saturated carbocycles. The van der Waals surface area contributed by atoms with Crippen molar-refractivity contribution in [2.45, 2.75) is 39.7 Å². The van der Waals surface area contributed by atoms with Crippen LogP contribution < -0.4 is 5.32 Å². The van der Waals surface area contributed by atoms with Crippen molar-refractivity contribution in [3.05, 3.63) is 47.0 Å². The Kier molecular flexibility index (Phi) is 4.97. The van der Waals surface area contributed by atoms with E-state index in [0.717, 1.165) is 28.9 Å². The number of carbonyl (C=O) groups excluding carboxylic acids is 1. The van der Waals surface area contributed by atoms with E-state index in [2.05, 4.69) is 10.3 Å². The second kappa shape index (κ2) is 7.17. The van der Waals surface area contributed by atoms with Crippen LogP contribution in [0.3, 0.4) is 0 Å². The number of hydrogen-bond acceptors (Lipinski definition) is 3. The Morgan fingerprint density at radius 2 is 1.84 bits per heavy atom. The molecule has 2 heterocycles. The van der Waals surface area contributed by atoms with Gasteiger partial charge in [0.05, 0.1) is 0 Å². The molecule has 0 unspecified atom stereocenters. The first-order chi connectivity index (χ1) is 11.9. The minimum atomic E-state index is -0.276. The Morgan fingerprint density at radius 1 is 1.16 bits per heavy atom. The van der Waals surface area contributed by atoms with E-state index in [1.807, 2.05) is 25.7 Å². The zero-order valence-electron chi connectivity index (χ0n) is 14.8. The zero-order valence-corrected chi connectivity index (χ0v) is 14.8. The Bertz CT molecular complexity index is 774. The van der Waals surface area contributed by atoms with Crippen molar-refractivity contribution in [3.8, 4) is 11.4 Å². The Morgan fingerprint density at radius 3 is 2.52 bits per heavy atom. The first kappa shape index (κ1) is 17.3. The molecule has 0 saturated heterocycles. The van der Waals surface area contributed by atoms with Crippen molar-refractivity contribution >= 4 is 6.03 Å². The van der Waals surface area contributed by atoms with Crippen LogP contribution in [0.25, 0.3) is 11.4 Å². The van der Waals surface area contributed by atoms with Gasteiger partial charge in [-0.05, 0) is 57.0 Å². The van der Waals surface area contributed by atoms with Crippen molar-refractivity contribution in [2.75, 3.05) is 13.1 Å². The molecule has 1 aromatic carbocycles. The standard InChI is InChI=1S/C19H23FN4O/c1-12(2)21-19(25)24-10-8-16-13(3)22-18(23-17(16)9-11-24)14-4-6-15(20)7-5-14/h4-7,12H,8-11H2,1-3H3,(H,21,25). The van der Waals surface area contributed by atoms with Gasteiger partial charge in [0, 0.05) is 42.5 Å². The summed E-state index contributed by atoms with van der Waals surface area (Å²) in [7, 11) is 0. The monoisotopic (exact) mass is 342 g/mol. The normalized spacial score (nSPS) is 14.2. The van der Waals surface area contributed by atoms with E-state index in [-0.39, 0.29) is 17.9 Å². The van der Waals surface area contributed by atoms with Gasteiger partial charge >= 0.3 is 6.03 Å². The summed E-state index contributed by atoms with van der Waals surface area (Å²) in [5, 5.41) is 2.94. The van der Waals surface area contributed by atoms with E-state index >= 15 is 0 Å². The second-order valence-corrected chi connectivity index (χ2v) is 6.66. The lowest BCUT2D eigenvalue weighted by Gasteiger charge is -2.22. The third-order valence-electron chi connectivity index (χ3n) is 4.35. The van der Waals surface area contributed by atoms with Crippen LogP contribution in [0.2, 0.25) is 0 Å². The predicted molar refractivity (Wildman–Crippen MR) is 94.8 cm³/mol. The van der Waals surface area contributed by atoms with Crippen molar-refractivity contribution in [2.24, 2.45) is 0 Å². The summed E-state index contributed by atoms with van der Waals surface area (Å²) in [5.41, 5.74) is 3.82. The molecule has 1 aliphatic heterocycles. The molecule has 2 aromatic rings. The smallest absolute Gasteiger partial charge is 0.317 e. The molecular formula is C19H23FN4O. The zero-order chi connectivity index (χ0) is 18.0. The van der Waals surface area contributed by atoms with Crippen molar-refractivity contribution in [1.82, 2.24) is 20.2 Å². The average Bonchev–Trinajstić information content (AvgIpc) is 2.78. The summed E-state index contributed by atoms with van der Waals surface area (Å²) in [6, 6.07) is 6.29. The SMILES string of the molecule is Cc1nc(-c2ccc(F)cc2)nc2c1CCN(C(=O)NC(C)C)CC2. The molecule has 0 aliphatic carbocycles. The van der Waals surface area contributed by atoms with Crippen LogP contribution in [0.5, 0.6) is 0 Å². The van der Waals surface area contributed by atoms with E-state index in [4.69, 9.17) is 4.98 Å². The highest BCUT2D eigenvalue weighted by molar-refractivity contribution is 5.74. The molecule has 0 radical (unpaired) electrons. The average molecular weight is 342 g/mol. The van der Waals surface area contributed by atoms with Gasteiger partial charge in [-0.3, -0.25) is 0 Å². The first-order valence-corrected chi connectivity index (χ1v) is 8.62. The molecule has 2 amide bonds. The van der Waals surface area contributed by atoms with Gasteiger partial charge in [-0.2, -0.15) is 0 Å². The number of halogens is 1. The predicted octanol–water partition coefficient (Wildman–Crippen LogP) is 3.11. The van der Waals surface area contributed by atoms with E-state index in [1.54, 1.807) is 12.1 Å². The highest BCUT2D eigenvalue weighted by Gasteiger charge is 2.22. The third-order valence-corrected chi connectivity index (χ3v) is 4.35. The maximum absolute atomic E-state index is 13.1. The lowest BCUT2D eigenvalue weighted by atomic mass is 10.1. The molecule has 5 nitrogen and oxygen atoms in total. The van der Waals surface area contributed by atoms with Crippen LogP contribution >= 0.6 is 0 Å². The van der Waals surface area contributed by atoms with Crippen molar-refractivity contribution in [3.63, 3.8) is 0 Å². The molecule has 3 rings (SSSR count). The fourth-order valence-electron chi connectivity index (χ4n) is 3.06. The Labute approximate surface area is 147 Å². The number of aryl methyl sites for hydroxylation is 1. The third kappa shape index (κ3) is 3.95. The quantitative estimate of drug-likeness (QED) is 0.912. The largest absolute Gasteiger partial charge is 0.336 e. The van der Waals surface area contributed by atoms with Gasteiger partial charge in [-0.15, -0.1) is 0 Å². The second-order valence-electron chi connectivity index (χ2n) is 6.66. The highest BCUT2D eigenvalue weighted by Crippen LogP contribution is 2.22. The minimum absolute atomic E-state index is 0.0350. The van der Waals surface area contributed by atoms with E-state index in [0.29, 0.717) is 25.3 Å². The van der Waals surface area contributed by atoms with E-state index in [9.17, 15) is 9.18 Å². The molecular weight excluding hydrogens is 319 g/mol. The van der Waals surface area contributed by atoms with Crippen LogP contribution in [0.1, 0.15) is 30.8 Å². The molecule has 0 bridgehead atoms. The highest BCUT2D eigenvalue weighted by atomic mass is 19.1. The minimum Gasteiger partial charge on any atom is -0.336 e.